The molecule has 0 saturated heterocycles. The Morgan fingerprint density at radius 3 is 1.95 bits per heavy atom. The number of ether oxygens (including phenoxy) is 1. The van der Waals surface area contributed by atoms with Crippen LogP contribution in [-0.2, 0) is 6.42 Å². The molecule has 20 heavy (non-hydrogen) atoms. The van der Waals surface area contributed by atoms with E-state index in [0.717, 1.165) is 36.6 Å². The molecule has 0 heterocycles. The molecule has 2 aromatic rings. The van der Waals surface area contributed by atoms with Crippen LogP contribution in [0.15, 0.2) is 48.5 Å². The smallest absolute Gasteiger partial charge is 0.119 e. The maximum absolute atomic E-state index is 5.66. The van der Waals surface area contributed by atoms with E-state index in [9.17, 15) is 0 Å². The van der Waals surface area contributed by atoms with Crippen molar-refractivity contribution in [2.24, 2.45) is 0 Å². The van der Waals surface area contributed by atoms with Crippen LogP contribution in [0.5, 0.6) is 5.75 Å². The Kier molecular flexibility index (Phi) is 5.30. The number of hydrogen-bond acceptors (Lipinski definition) is 3. The quantitative estimate of drug-likeness (QED) is 0.596. The molecule has 0 aliphatic heterocycles. The summed E-state index contributed by atoms with van der Waals surface area (Å²) in [6.45, 7) is 0.756. The van der Waals surface area contributed by atoms with Gasteiger partial charge in [0.1, 0.15) is 5.75 Å². The lowest BCUT2D eigenvalue weighted by atomic mass is 10.1. The zero-order valence-corrected chi connectivity index (χ0v) is 11.7. The van der Waals surface area contributed by atoms with E-state index in [1.807, 2.05) is 36.4 Å². The first-order valence-electron chi connectivity index (χ1n) is 7.07. The van der Waals surface area contributed by atoms with E-state index in [0.29, 0.717) is 0 Å². The zero-order chi connectivity index (χ0) is 14.2. The van der Waals surface area contributed by atoms with Gasteiger partial charge in [0.2, 0.25) is 0 Å². The molecule has 2 rings (SSSR count). The molecule has 3 nitrogen and oxygen atoms in total. The predicted octanol–water partition coefficient (Wildman–Crippen LogP) is 3.64. The lowest BCUT2D eigenvalue weighted by molar-refractivity contribution is 0.305. The van der Waals surface area contributed by atoms with Crippen molar-refractivity contribution >= 4 is 11.4 Å². The maximum atomic E-state index is 5.66. The maximum Gasteiger partial charge on any atom is 0.119 e. The standard InChI is InChI=1S/C17H22N2O/c18-15-7-5-14(6-8-15)4-2-1-3-13-20-17-11-9-16(19)10-12-17/h5-12H,1-4,13,18-19H2. The zero-order valence-electron chi connectivity index (χ0n) is 11.7. The second-order valence-electron chi connectivity index (χ2n) is 4.97. The second kappa shape index (κ2) is 7.43. The summed E-state index contributed by atoms with van der Waals surface area (Å²) in [4.78, 5) is 0. The van der Waals surface area contributed by atoms with Crippen LogP contribution in [0, 0.1) is 0 Å². The summed E-state index contributed by atoms with van der Waals surface area (Å²) in [5, 5.41) is 0. The molecule has 4 N–H and O–H groups in total. The molecule has 0 saturated carbocycles. The molecule has 0 atom stereocenters. The average molecular weight is 270 g/mol. The number of unbranched alkanes of at least 4 members (excludes halogenated alkanes) is 2. The molecule has 3 heteroatoms. The Bertz CT molecular complexity index is 456. The van der Waals surface area contributed by atoms with Crippen molar-refractivity contribution in [3.63, 3.8) is 0 Å². The van der Waals surface area contributed by atoms with Crippen LogP contribution in [0.25, 0.3) is 0 Å². The lowest BCUT2D eigenvalue weighted by Gasteiger charge is -2.06. The SMILES string of the molecule is Nc1ccc(CCCCCOc2ccc(N)cc2)cc1. The van der Waals surface area contributed by atoms with Gasteiger partial charge in [0, 0.05) is 11.4 Å². The summed E-state index contributed by atoms with van der Waals surface area (Å²) in [6, 6.07) is 15.6. The van der Waals surface area contributed by atoms with Crippen molar-refractivity contribution in [1.29, 1.82) is 0 Å². The monoisotopic (exact) mass is 270 g/mol. The molecule has 106 valence electrons. The van der Waals surface area contributed by atoms with Crippen molar-refractivity contribution in [3.8, 4) is 5.75 Å². The normalized spacial score (nSPS) is 10.4. The van der Waals surface area contributed by atoms with Crippen LogP contribution in [0.2, 0.25) is 0 Å². The van der Waals surface area contributed by atoms with Gasteiger partial charge in [0.15, 0.2) is 0 Å². The minimum Gasteiger partial charge on any atom is -0.494 e. The van der Waals surface area contributed by atoms with Crippen molar-refractivity contribution in [2.75, 3.05) is 18.1 Å². The Morgan fingerprint density at radius 2 is 1.30 bits per heavy atom. The number of nitrogens with two attached hydrogens (primary N) is 2. The topological polar surface area (TPSA) is 61.3 Å². The van der Waals surface area contributed by atoms with Gasteiger partial charge in [0.05, 0.1) is 6.61 Å². The Hall–Kier alpha value is -2.16. The first kappa shape index (κ1) is 14.3. The molecule has 0 radical (unpaired) electrons. The van der Waals surface area contributed by atoms with Crippen molar-refractivity contribution in [1.82, 2.24) is 0 Å². The highest BCUT2D eigenvalue weighted by molar-refractivity contribution is 5.41. The van der Waals surface area contributed by atoms with Crippen molar-refractivity contribution in [2.45, 2.75) is 25.7 Å². The second-order valence-corrected chi connectivity index (χ2v) is 4.97. The number of nitrogen functional groups attached to an aromatic ring is 2. The van der Waals surface area contributed by atoms with Crippen LogP contribution in [0.3, 0.4) is 0 Å². The number of aryl methyl sites for hydroxylation is 1. The fourth-order valence-corrected chi connectivity index (χ4v) is 2.05. The van der Waals surface area contributed by atoms with E-state index in [1.54, 1.807) is 0 Å². The highest BCUT2D eigenvalue weighted by atomic mass is 16.5. The number of benzene rings is 2. The molecular weight excluding hydrogens is 248 g/mol. The van der Waals surface area contributed by atoms with Gasteiger partial charge in [-0.2, -0.15) is 0 Å². The number of hydrogen-bond donors (Lipinski definition) is 2. The van der Waals surface area contributed by atoms with Crippen LogP contribution in [-0.4, -0.2) is 6.61 Å². The van der Waals surface area contributed by atoms with Crippen LogP contribution < -0.4 is 16.2 Å². The Labute approximate surface area is 120 Å². The third-order valence-corrected chi connectivity index (χ3v) is 3.24. The van der Waals surface area contributed by atoms with E-state index in [1.165, 1.54) is 18.4 Å². The van der Waals surface area contributed by atoms with Gasteiger partial charge in [-0.25, -0.2) is 0 Å². The van der Waals surface area contributed by atoms with Crippen molar-refractivity contribution in [3.05, 3.63) is 54.1 Å². The van der Waals surface area contributed by atoms with E-state index in [-0.39, 0.29) is 0 Å². The first-order valence-corrected chi connectivity index (χ1v) is 7.07. The molecule has 0 unspecified atom stereocenters. The molecule has 2 aromatic carbocycles. The van der Waals surface area contributed by atoms with Gasteiger partial charge in [-0.3, -0.25) is 0 Å². The van der Waals surface area contributed by atoms with Gasteiger partial charge in [-0.1, -0.05) is 12.1 Å². The highest BCUT2D eigenvalue weighted by Gasteiger charge is 1.96. The minimum absolute atomic E-state index is 0.756. The first-order chi connectivity index (χ1) is 9.74. The fourth-order valence-electron chi connectivity index (χ4n) is 2.05. The molecule has 0 aliphatic carbocycles. The van der Waals surface area contributed by atoms with Gasteiger partial charge in [0.25, 0.3) is 0 Å². The Morgan fingerprint density at radius 1 is 0.700 bits per heavy atom. The molecule has 0 fully saturated rings. The summed E-state index contributed by atoms with van der Waals surface area (Å²) < 4.78 is 5.66. The van der Waals surface area contributed by atoms with Crippen LogP contribution >= 0.6 is 0 Å². The largest absolute Gasteiger partial charge is 0.494 e. The lowest BCUT2D eigenvalue weighted by Crippen LogP contribution is -1.98. The van der Waals surface area contributed by atoms with E-state index in [2.05, 4.69) is 12.1 Å². The summed E-state index contributed by atoms with van der Waals surface area (Å²) in [5.41, 5.74) is 14.2. The molecule has 0 aromatic heterocycles. The van der Waals surface area contributed by atoms with Gasteiger partial charge >= 0.3 is 0 Å². The summed E-state index contributed by atoms with van der Waals surface area (Å²) in [7, 11) is 0. The van der Waals surface area contributed by atoms with E-state index in [4.69, 9.17) is 16.2 Å². The summed E-state index contributed by atoms with van der Waals surface area (Å²) in [6.07, 6.45) is 4.51. The molecule has 0 spiro atoms. The van der Waals surface area contributed by atoms with Gasteiger partial charge < -0.3 is 16.2 Å². The van der Waals surface area contributed by atoms with Crippen LogP contribution in [0.1, 0.15) is 24.8 Å². The molecule has 0 aliphatic rings. The van der Waals surface area contributed by atoms with E-state index >= 15 is 0 Å². The van der Waals surface area contributed by atoms with E-state index < -0.39 is 0 Å². The molecular formula is C17H22N2O. The van der Waals surface area contributed by atoms with Gasteiger partial charge in [-0.15, -0.1) is 0 Å². The third-order valence-electron chi connectivity index (χ3n) is 3.24. The summed E-state index contributed by atoms with van der Waals surface area (Å²) >= 11 is 0. The average Bonchev–Trinajstić information content (AvgIpc) is 2.46. The predicted molar refractivity (Wildman–Crippen MR) is 84.8 cm³/mol. The third kappa shape index (κ3) is 4.84. The number of rotatable bonds is 7. The molecule has 0 amide bonds. The minimum atomic E-state index is 0.756. The highest BCUT2D eigenvalue weighted by Crippen LogP contribution is 2.14. The van der Waals surface area contributed by atoms with Crippen molar-refractivity contribution < 1.29 is 4.74 Å². The van der Waals surface area contributed by atoms with Crippen LogP contribution in [0.4, 0.5) is 11.4 Å². The summed E-state index contributed by atoms with van der Waals surface area (Å²) in [5.74, 6) is 0.887. The Balaban J connectivity index is 1.57. The fraction of sp³-hybridized carbons (Fsp3) is 0.294. The number of anilines is 2. The molecule has 0 bridgehead atoms. The van der Waals surface area contributed by atoms with Gasteiger partial charge in [-0.05, 0) is 67.6 Å².